The highest BCUT2D eigenvalue weighted by Crippen LogP contribution is 2.28. The van der Waals surface area contributed by atoms with Crippen LogP contribution in [0, 0.1) is 24.0 Å². The third-order valence-corrected chi connectivity index (χ3v) is 4.19. The van der Waals surface area contributed by atoms with Crippen LogP contribution in [0.15, 0.2) is 42.5 Å². The van der Waals surface area contributed by atoms with Crippen molar-refractivity contribution in [1.82, 2.24) is 5.32 Å². The van der Waals surface area contributed by atoms with E-state index >= 15 is 0 Å². The molecule has 7 nitrogen and oxygen atoms in total. The first-order valence-electron chi connectivity index (χ1n) is 9.00. The van der Waals surface area contributed by atoms with E-state index in [9.17, 15) is 19.7 Å². The van der Waals surface area contributed by atoms with Gasteiger partial charge >= 0.3 is 5.97 Å². The first-order chi connectivity index (χ1) is 13.2. The van der Waals surface area contributed by atoms with Gasteiger partial charge in [-0.05, 0) is 39.3 Å². The molecule has 0 aliphatic rings. The molecule has 1 N–H and O–H groups in total. The van der Waals surface area contributed by atoms with E-state index in [1.165, 1.54) is 18.2 Å². The summed E-state index contributed by atoms with van der Waals surface area (Å²) in [6.45, 7) is 7.11. The number of aryl methyl sites for hydroxylation is 2. The molecule has 148 valence electrons. The van der Waals surface area contributed by atoms with Gasteiger partial charge in [0.15, 0.2) is 0 Å². The number of nitro groups is 1. The molecular weight excluding hydrogens is 360 g/mol. The van der Waals surface area contributed by atoms with Crippen molar-refractivity contribution in [1.29, 1.82) is 0 Å². The van der Waals surface area contributed by atoms with E-state index in [-0.39, 0.29) is 23.8 Å². The molecule has 0 bridgehead atoms. The Labute approximate surface area is 163 Å². The minimum atomic E-state index is -0.889. The fourth-order valence-corrected chi connectivity index (χ4v) is 2.88. The molecule has 0 spiro atoms. The number of nitrogens with zero attached hydrogens (tertiary/aromatic N) is 1. The molecular formula is C21H24N2O5. The van der Waals surface area contributed by atoms with Crippen LogP contribution in [0.5, 0.6) is 0 Å². The van der Waals surface area contributed by atoms with Crippen LogP contribution in [-0.2, 0) is 9.53 Å². The average molecular weight is 384 g/mol. The van der Waals surface area contributed by atoms with Gasteiger partial charge in [-0.2, -0.15) is 0 Å². The second-order valence-corrected chi connectivity index (χ2v) is 6.90. The van der Waals surface area contributed by atoms with E-state index in [0.29, 0.717) is 5.56 Å². The standard InChI is InChI=1S/C21H24N2O5/c1-13(2)28-20(24)12-18(16-7-5-6-8-19(16)23(26)27)22-21(25)17-11-14(3)9-10-15(17)4/h5-11,13,18H,12H2,1-4H3,(H,22,25). The number of carbonyl (C=O) groups is 2. The Balaban J connectivity index is 2.38. The lowest BCUT2D eigenvalue weighted by atomic mass is 9.99. The van der Waals surface area contributed by atoms with E-state index in [0.717, 1.165) is 11.1 Å². The van der Waals surface area contributed by atoms with Gasteiger partial charge in [0.1, 0.15) is 0 Å². The van der Waals surface area contributed by atoms with Crippen molar-refractivity contribution < 1.29 is 19.2 Å². The van der Waals surface area contributed by atoms with Crippen molar-refractivity contribution >= 4 is 17.6 Å². The van der Waals surface area contributed by atoms with Crippen LogP contribution in [0.3, 0.4) is 0 Å². The van der Waals surface area contributed by atoms with Crippen molar-refractivity contribution in [3.8, 4) is 0 Å². The highest BCUT2D eigenvalue weighted by molar-refractivity contribution is 5.96. The Morgan fingerprint density at radius 3 is 2.46 bits per heavy atom. The van der Waals surface area contributed by atoms with Gasteiger partial charge in [0.2, 0.25) is 0 Å². The smallest absolute Gasteiger partial charge is 0.308 e. The van der Waals surface area contributed by atoms with Gasteiger partial charge in [-0.15, -0.1) is 0 Å². The monoisotopic (exact) mass is 384 g/mol. The number of nitrogens with one attached hydrogen (secondary N) is 1. The maximum atomic E-state index is 12.9. The zero-order valence-electron chi connectivity index (χ0n) is 16.4. The number of ether oxygens (including phenoxy) is 1. The van der Waals surface area contributed by atoms with E-state index in [1.807, 2.05) is 19.1 Å². The van der Waals surface area contributed by atoms with Crippen LogP contribution >= 0.6 is 0 Å². The Bertz CT molecular complexity index is 892. The van der Waals surface area contributed by atoms with Gasteiger partial charge in [0.25, 0.3) is 11.6 Å². The second kappa shape index (κ2) is 9.12. The molecule has 0 saturated carbocycles. The summed E-state index contributed by atoms with van der Waals surface area (Å²) in [6, 6.07) is 10.6. The maximum absolute atomic E-state index is 12.9. The number of rotatable bonds is 7. The van der Waals surface area contributed by atoms with Gasteiger partial charge in [-0.1, -0.05) is 35.9 Å². The Morgan fingerprint density at radius 2 is 1.82 bits per heavy atom. The molecule has 28 heavy (non-hydrogen) atoms. The number of carbonyl (C=O) groups excluding carboxylic acids is 2. The highest BCUT2D eigenvalue weighted by Gasteiger charge is 2.27. The van der Waals surface area contributed by atoms with Crippen molar-refractivity contribution in [2.75, 3.05) is 0 Å². The first kappa shape index (κ1) is 21.1. The third kappa shape index (κ3) is 5.39. The molecule has 0 aliphatic carbocycles. The molecule has 7 heteroatoms. The number of esters is 1. The summed E-state index contributed by atoms with van der Waals surface area (Å²) in [5.41, 5.74) is 2.24. The summed E-state index contributed by atoms with van der Waals surface area (Å²) in [4.78, 5) is 36.0. The molecule has 2 aromatic rings. The summed E-state index contributed by atoms with van der Waals surface area (Å²) >= 11 is 0. The van der Waals surface area contributed by atoms with Crippen molar-refractivity contribution in [3.05, 3.63) is 74.8 Å². The number of hydrogen-bond donors (Lipinski definition) is 1. The molecule has 0 aromatic heterocycles. The summed E-state index contributed by atoms with van der Waals surface area (Å²) in [5.74, 6) is -0.943. The molecule has 1 unspecified atom stereocenters. The molecule has 0 aliphatic heterocycles. The van der Waals surface area contributed by atoms with Crippen LogP contribution < -0.4 is 5.32 Å². The van der Waals surface area contributed by atoms with Gasteiger partial charge in [-0.25, -0.2) is 0 Å². The minimum Gasteiger partial charge on any atom is -0.463 e. The summed E-state index contributed by atoms with van der Waals surface area (Å²) in [7, 11) is 0. The van der Waals surface area contributed by atoms with Gasteiger partial charge in [0, 0.05) is 11.6 Å². The number of benzene rings is 2. The van der Waals surface area contributed by atoms with Gasteiger partial charge in [-0.3, -0.25) is 19.7 Å². The zero-order valence-corrected chi connectivity index (χ0v) is 16.4. The molecule has 1 atom stereocenters. The van der Waals surface area contributed by atoms with E-state index in [4.69, 9.17) is 4.74 Å². The third-order valence-electron chi connectivity index (χ3n) is 4.19. The van der Waals surface area contributed by atoms with Crippen LogP contribution in [0.1, 0.15) is 53.4 Å². The lowest BCUT2D eigenvalue weighted by molar-refractivity contribution is -0.385. The second-order valence-electron chi connectivity index (χ2n) is 6.90. The van der Waals surface area contributed by atoms with E-state index < -0.39 is 22.8 Å². The van der Waals surface area contributed by atoms with Crippen LogP contribution in [0.2, 0.25) is 0 Å². The molecule has 2 rings (SSSR count). The molecule has 0 fully saturated rings. The first-order valence-corrected chi connectivity index (χ1v) is 9.00. The van der Waals surface area contributed by atoms with Gasteiger partial charge < -0.3 is 10.1 Å². The molecule has 0 saturated heterocycles. The SMILES string of the molecule is Cc1ccc(C)c(C(=O)NC(CC(=O)OC(C)C)c2ccccc2[N+](=O)[O-])c1. The fourth-order valence-electron chi connectivity index (χ4n) is 2.88. The Kier molecular flexibility index (Phi) is 6.87. The van der Waals surface area contributed by atoms with Crippen LogP contribution in [0.4, 0.5) is 5.69 Å². The quantitative estimate of drug-likeness (QED) is 0.441. The van der Waals surface area contributed by atoms with Crippen molar-refractivity contribution in [3.63, 3.8) is 0 Å². The normalized spacial score (nSPS) is 11.8. The summed E-state index contributed by atoms with van der Waals surface area (Å²) in [6.07, 6.45) is -0.534. The summed E-state index contributed by atoms with van der Waals surface area (Å²) < 4.78 is 5.17. The topological polar surface area (TPSA) is 98.5 Å². The summed E-state index contributed by atoms with van der Waals surface area (Å²) in [5, 5.41) is 14.2. The molecule has 0 radical (unpaired) electrons. The predicted octanol–water partition coefficient (Wildman–Crippen LogP) is 4.02. The largest absolute Gasteiger partial charge is 0.463 e. The molecule has 2 aromatic carbocycles. The van der Waals surface area contributed by atoms with Gasteiger partial charge in [0.05, 0.1) is 29.1 Å². The molecule has 0 heterocycles. The minimum absolute atomic E-state index is 0.161. The van der Waals surface area contributed by atoms with E-state index in [2.05, 4.69) is 5.32 Å². The maximum Gasteiger partial charge on any atom is 0.308 e. The number of hydrogen-bond acceptors (Lipinski definition) is 5. The highest BCUT2D eigenvalue weighted by atomic mass is 16.6. The fraction of sp³-hybridized carbons (Fsp3) is 0.333. The van der Waals surface area contributed by atoms with Crippen LogP contribution in [-0.4, -0.2) is 22.9 Å². The average Bonchev–Trinajstić information content (AvgIpc) is 2.62. The zero-order chi connectivity index (χ0) is 20.8. The molecule has 1 amide bonds. The Morgan fingerprint density at radius 1 is 1.14 bits per heavy atom. The Hall–Kier alpha value is -3.22. The van der Waals surface area contributed by atoms with Crippen molar-refractivity contribution in [2.45, 2.75) is 46.3 Å². The predicted molar refractivity (Wildman–Crippen MR) is 105 cm³/mol. The number of para-hydroxylation sites is 1. The lowest BCUT2D eigenvalue weighted by Gasteiger charge is -2.20. The lowest BCUT2D eigenvalue weighted by Crippen LogP contribution is -2.32. The van der Waals surface area contributed by atoms with Crippen molar-refractivity contribution in [2.24, 2.45) is 0 Å². The number of amides is 1. The van der Waals surface area contributed by atoms with E-state index in [1.54, 1.807) is 32.9 Å². The number of nitro benzene ring substituents is 1. The van der Waals surface area contributed by atoms with Crippen LogP contribution in [0.25, 0.3) is 0 Å².